The molecule has 0 saturated carbocycles. The Morgan fingerprint density at radius 2 is 1.80 bits per heavy atom. The third-order valence-corrected chi connectivity index (χ3v) is 2.14. The predicted octanol–water partition coefficient (Wildman–Crippen LogP) is 2.46. The van der Waals surface area contributed by atoms with E-state index in [9.17, 15) is 0 Å². The van der Waals surface area contributed by atoms with Gasteiger partial charge in [0.05, 0.1) is 0 Å². The van der Waals surface area contributed by atoms with Gasteiger partial charge in [-0.15, -0.1) is 0 Å². The maximum Gasteiger partial charge on any atom is 0.00799 e. The summed E-state index contributed by atoms with van der Waals surface area (Å²) >= 11 is 0. The highest BCUT2D eigenvalue weighted by atomic mass is 14.9. The molecule has 0 aromatic rings. The van der Waals surface area contributed by atoms with Crippen molar-refractivity contribution in [1.82, 2.24) is 10.6 Å². The summed E-state index contributed by atoms with van der Waals surface area (Å²) in [6.07, 6.45) is 1.10. The van der Waals surface area contributed by atoms with Gasteiger partial charge in [0, 0.05) is 12.6 Å². The predicted molar refractivity (Wildman–Crippen MR) is 68.9 cm³/mol. The largest absolute Gasteiger partial charge is 0.316 e. The first kappa shape index (κ1) is 14.9. The van der Waals surface area contributed by atoms with Crippen molar-refractivity contribution in [1.29, 1.82) is 0 Å². The molecule has 0 spiro atoms. The van der Waals surface area contributed by atoms with Crippen molar-refractivity contribution in [3.8, 4) is 0 Å². The average Bonchev–Trinajstić information content (AvgIpc) is 2.07. The zero-order valence-corrected chi connectivity index (χ0v) is 11.2. The Balaban J connectivity index is 3.38. The van der Waals surface area contributed by atoms with E-state index in [4.69, 9.17) is 0 Å². The first-order valence-electron chi connectivity index (χ1n) is 6.08. The lowest BCUT2D eigenvalue weighted by molar-refractivity contribution is 0.357. The molecular formula is C13H29N2. The molecule has 0 aliphatic carbocycles. The van der Waals surface area contributed by atoms with E-state index in [0.29, 0.717) is 11.5 Å². The first-order valence-corrected chi connectivity index (χ1v) is 6.08. The van der Waals surface area contributed by atoms with E-state index in [2.05, 4.69) is 52.2 Å². The van der Waals surface area contributed by atoms with Crippen molar-refractivity contribution >= 4 is 0 Å². The van der Waals surface area contributed by atoms with E-state index < -0.39 is 0 Å². The van der Waals surface area contributed by atoms with Gasteiger partial charge in [-0.2, -0.15) is 0 Å². The van der Waals surface area contributed by atoms with Crippen LogP contribution in [0.15, 0.2) is 0 Å². The minimum absolute atomic E-state index is 0.349. The highest BCUT2D eigenvalue weighted by molar-refractivity contribution is 4.74. The molecule has 2 nitrogen and oxygen atoms in total. The van der Waals surface area contributed by atoms with Gasteiger partial charge in [-0.05, 0) is 37.8 Å². The normalized spacial score (nSPS) is 14.6. The molecular weight excluding hydrogens is 184 g/mol. The Labute approximate surface area is 96.2 Å². The zero-order valence-electron chi connectivity index (χ0n) is 11.2. The van der Waals surface area contributed by atoms with E-state index >= 15 is 0 Å². The van der Waals surface area contributed by atoms with Crippen molar-refractivity contribution in [2.45, 2.75) is 47.1 Å². The Kier molecular flexibility index (Phi) is 7.20. The molecule has 0 aliphatic rings. The molecule has 15 heavy (non-hydrogen) atoms. The van der Waals surface area contributed by atoms with Crippen LogP contribution in [0.1, 0.15) is 41.0 Å². The van der Waals surface area contributed by atoms with Gasteiger partial charge >= 0.3 is 0 Å². The third kappa shape index (κ3) is 11.8. The van der Waals surface area contributed by atoms with E-state index in [1.807, 2.05) is 0 Å². The fourth-order valence-electron chi connectivity index (χ4n) is 1.22. The van der Waals surface area contributed by atoms with Crippen LogP contribution in [0.25, 0.3) is 0 Å². The van der Waals surface area contributed by atoms with Gasteiger partial charge < -0.3 is 10.6 Å². The number of hydrogen-bond donors (Lipinski definition) is 2. The average molecular weight is 213 g/mol. The fraction of sp³-hybridized carbons (Fsp3) is 0.923. The lowest BCUT2D eigenvalue weighted by Gasteiger charge is -2.22. The number of hydrogen-bond acceptors (Lipinski definition) is 2. The second-order valence-corrected chi connectivity index (χ2v) is 6.03. The minimum atomic E-state index is 0.349. The van der Waals surface area contributed by atoms with Crippen LogP contribution in [0.4, 0.5) is 0 Å². The fourth-order valence-corrected chi connectivity index (χ4v) is 1.22. The zero-order chi connectivity index (χ0) is 11.9. The molecule has 91 valence electrons. The molecule has 2 N–H and O–H groups in total. The van der Waals surface area contributed by atoms with Crippen LogP contribution in [0.5, 0.6) is 0 Å². The van der Waals surface area contributed by atoms with Gasteiger partial charge in [-0.3, -0.25) is 0 Å². The molecule has 0 saturated heterocycles. The Bertz CT molecular complexity index is 147. The van der Waals surface area contributed by atoms with Gasteiger partial charge in [0.25, 0.3) is 0 Å². The summed E-state index contributed by atoms with van der Waals surface area (Å²) in [7, 11) is 0. The molecule has 1 radical (unpaired) electrons. The van der Waals surface area contributed by atoms with Crippen molar-refractivity contribution in [3.63, 3.8) is 0 Å². The third-order valence-electron chi connectivity index (χ3n) is 2.14. The second-order valence-electron chi connectivity index (χ2n) is 6.03. The second kappa shape index (κ2) is 7.24. The van der Waals surface area contributed by atoms with Crippen LogP contribution in [-0.4, -0.2) is 25.7 Å². The Morgan fingerprint density at radius 1 is 1.20 bits per heavy atom. The minimum Gasteiger partial charge on any atom is -0.316 e. The highest BCUT2D eigenvalue weighted by Crippen LogP contribution is 2.10. The summed E-state index contributed by atoms with van der Waals surface area (Å²) in [6.45, 7) is 18.5. The molecule has 0 rings (SSSR count). The molecule has 0 bridgehead atoms. The topological polar surface area (TPSA) is 24.1 Å². The first-order chi connectivity index (χ1) is 6.81. The molecule has 0 aromatic carbocycles. The van der Waals surface area contributed by atoms with Gasteiger partial charge in [-0.1, -0.05) is 34.6 Å². The van der Waals surface area contributed by atoms with Crippen molar-refractivity contribution in [3.05, 3.63) is 6.92 Å². The van der Waals surface area contributed by atoms with Gasteiger partial charge in [0.2, 0.25) is 0 Å². The summed E-state index contributed by atoms with van der Waals surface area (Å²) in [5, 5.41) is 6.89. The molecule has 0 aliphatic heterocycles. The maximum atomic E-state index is 4.11. The summed E-state index contributed by atoms with van der Waals surface area (Å²) in [6, 6.07) is 0.365. The number of nitrogens with one attached hydrogen (secondary N) is 2. The lowest BCUT2D eigenvalue weighted by atomic mass is 9.96. The van der Waals surface area contributed by atoms with Crippen LogP contribution >= 0.6 is 0 Å². The summed E-state index contributed by atoms with van der Waals surface area (Å²) < 4.78 is 0. The molecule has 2 heteroatoms. The van der Waals surface area contributed by atoms with E-state index in [0.717, 1.165) is 32.0 Å². The summed E-state index contributed by atoms with van der Waals surface area (Å²) in [5.41, 5.74) is 0.349. The van der Waals surface area contributed by atoms with Crippen LogP contribution in [0.3, 0.4) is 0 Å². The molecule has 0 amide bonds. The van der Waals surface area contributed by atoms with Gasteiger partial charge in [-0.25, -0.2) is 0 Å². The molecule has 0 aromatic heterocycles. The van der Waals surface area contributed by atoms with Crippen molar-refractivity contribution in [2.75, 3.05) is 19.6 Å². The quantitative estimate of drug-likeness (QED) is 0.635. The Morgan fingerprint density at radius 3 is 2.27 bits per heavy atom. The van der Waals surface area contributed by atoms with Crippen molar-refractivity contribution in [2.24, 2.45) is 11.3 Å². The molecule has 0 fully saturated rings. The lowest BCUT2D eigenvalue weighted by Crippen LogP contribution is -2.36. The van der Waals surface area contributed by atoms with E-state index in [-0.39, 0.29) is 0 Å². The highest BCUT2D eigenvalue weighted by Gasteiger charge is 2.11. The van der Waals surface area contributed by atoms with Crippen LogP contribution < -0.4 is 10.6 Å². The molecule has 1 unspecified atom stereocenters. The van der Waals surface area contributed by atoms with E-state index in [1.54, 1.807) is 0 Å². The van der Waals surface area contributed by atoms with Gasteiger partial charge in [0.15, 0.2) is 0 Å². The van der Waals surface area contributed by atoms with Crippen LogP contribution in [0, 0.1) is 18.3 Å². The van der Waals surface area contributed by atoms with E-state index in [1.165, 1.54) is 0 Å². The maximum absolute atomic E-state index is 4.11. The summed E-state index contributed by atoms with van der Waals surface area (Å²) in [5.74, 6) is 0.732. The number of rotatable bonds is 7. The smallest absolute Gasteiger partial charge is 0.00799 e. The Hall–Kier alpha value is -0.0800. The van der Waals surface area contributed by atoms with Crippen LogP contribution in [-0.2, 0) is 0 Å². The standard InChI is InChI=1S/C13H29N2/c1-11(2)9-14-8-7-12(3)15-10-13(4,5)6/h11-12,14-15H,3,7-10H2,1-2,4-6H3. The SMILES string of the molecule is [CH2]C(CCNCC(C)C)NCC(C)(C)C. The van der Waals surface area contributed by atoms with Crippen molar-refractivity contribution < 1.29 is 0 Å². The molecule has 0 heterocycles. The molecule has 1 atom stereocenters. The monoisotopic (exact) mass is 213 g/mol. The van der Waals surface area contributed by atoms with Gasteiger partial charge in [0.1, 0.15) is 0 Å². The summed E-state index contributed by atoms with van der Waals surface area (Å²) in [4.78, 5) is 0. The van der Waals surface area contributed by atoms with Crippen LogP contribution in [0.2, 0.25) is 0 Å².